The Balaban J connectivity index is 0.00000220. The van der Waals surface area contributed by atoms with Gasteiger partial charge in [-0.05, 0) is 32.4 Å². The predicted octanol–water partition coefficient (Wildman–Crippen LogP) is 1.86. The Morgan fingerprint density at radius 1 is 1.48 bits per heavy atom. The van der Waals surface area contributed by atoms with Crippen molar-refractivity contribution in [3.63, 3.8) is 0 Å². The average Bonchev–Trinajstić information content (AvgIpc) is 3.04. The van der Waals surface area contributed by atoms with Crippen LogP contribution in [0.5, 0.6) is 0 Å². The van der Waals surface area contributed by atoms with E-state index in [2.05, 4.69) is 12.2 Å². The molecule has 1 aromatic heterocycles. The summed E-state index contributed by atoms with van der Waals surface area (Å²) in [6.45, 7) is 6.18. The number of nitrogens with zero attached hydrogens (tertiary/aromatic N) is 2. The first kappa shape index (κ1) is 17.7. The number of carbonyl (C=O) groups excluding carboxylic acids is 2. The molecule has 0 aromatic carbocycles. The monoisotopic (exact) mass is 313 g/mol. The van der Waals surface area contributed by atoms with Crippen molar-refractivity contribution in [1.29, 1.82) is 0 Å². The number of ketones is 1. The van der Waals surface area contributed by atoms with Crippen LogP contribution in [0.2, 0.25) is 0 Å². The fourth-order valence-corrected chi connectivity index (χ4v) is 2.71. The maximum absolute atomic E-state index is 12.7. The molecule has 0 bridgehead atoms. The summed E-state index contributed by atoms with van der Waals surface area (Å²) >= 11 is 0. The first-order valence-corrected chi connectivity index (χ1v) is 7.23. The molecule has 1 aliphatic rings. The molecular formula is C15H24ClN3O2. The fourth-order valence-electron chi connectivity index (χ4n) is 2.71. The van der Waals surface area contributed by atoms with E-state index < -0.39 is 0 Å². The van der Waals surface area contributed by atoms with E-state index >= 15 is 0 Å². The maximum Gasteiger partial charge on any atom is 0.270 e. The van der Waals surface area contributed by atoms with Crippen LogP contribution in [0.1, 0.15) is 47.5 Å². The van der Waals surface area contributed by atoms with E-state index in [-0.39, 0.29) is 30.1 Å². The van der Waals surface area contributed by atoms with Crippen LogP contribution in [0.4, 0.5) is 0 Å². The SMILES string of the molecule is CCCN(C(=O)c1cc(C(C)=O)cn1C)C1CCNC1.Cl. The summed E-state index contributed by atoms with van der Waals surface area (Å²) in [4.78, 5) is 26.1. The number of halogens is 1. The zero-order valence-corrected chi connectivity index (χ0v) is 13.7. The molecule has 21 heavy (non-hydrogen) atoms. The maximum atomic E-state index is 12.7. The molecule has 2 heterocycles. The molecule has 1 N–H and O–H groups in total. The topological polar surface area (TPSA) is 54.3 Å². The molecular weight excluding hydrogens is 290 g/mol. The Morgan fingerprint density at radius 2 is 2.19 bits per heavy atom. The first-order chi connectivity index (χ1) is 9.54. The zero-order chi connectivity index (χ0) is 14.7. The van der Waals surface area contributed by atoms with Gasteiger partial charge in [-0.2, -0.15) is 0 Å². The normalized spacial score (nSPS) is 17.4. The number of rotatable bonds is 5. The van der Waals surface area contributed by atoms with Gasteiger partial charge in [-0.15, -0.1) is 12.4 Å². The molecule has 1 amide bonds. The molecule has 1 atom stereocenters. The van der Waals surface area contributed by atoms with Crippen LogP contribution in [0, 0.1) is 0 Å². The number of Topliss-reactive ketones (excluding diaryl/α,β-unsaturated/α-hetero) is 1. The van der Waals surface area contributed by atoms with Gasteiger partial charge in [0.25, 0.3) is 5.91 Å². The second-order valence-corrected chi connectivity index (χ2v) is 5.43. The highest BCUT2D eigenvalue weighted by molar-refractivity contribution is 5.99. The Labute approximate surface area is 132 Å². The lowest BCUT2D eigenvalue weighted by molar-refractivity contribution is 0.0682. The first-order valence-electron chi connectivity index (χ1n) is 7.23. The number of hydrogen-bond acceptors (Lipinski definition) is 3. The van der Waals surface area contributed by atoms with Crippen LogP contribution in [0.3, 0.4) is 0 Å². The highest BCUT2D eigenvalue weighted by Crippen LogP contribution is 2.16. The van der Waals surface area contributed by atoms with Crippen molar-refractivity contribution in [3.8, 4) is 0 Å². The number of amides is 1. The third kappa shape index (κ3) is 3.86. The highest BCUT2D eigenvalue weighted by Gasteiger charge is 2.28. The standard InChI is InChI=1S/C15H23N3O2.ClH/c1-4-7-18(13-5-6-16-9-13)15(20)14-8-12(11(2)19)10-17(14)3;/h8,10,13,16H,4-7,9H2,1-3H3;1H. The van der Waals surface area contributed by atoms with Crippen LogP contribution in [0.25, 0.3) is 0 Å². The molecule has 1 fully saturated rings. The third-order valence-electron chi connectivity index (χ3n) is 3.83. The van der Waals surface area contributed by atoms with E-state index in [1.807, 2.05) is 11.9 Å². The van der Waals surface area contributed by atoms with Crippen molar-refractivity contribution in [3.05, 3.63) is 23.5 Å². The summed E-state index contributed by atoms with van der Waals surface area (Å²) < 4.78 is 1.75. The van der Waals surface area contributed by atoms with Gasteiger partial charge in [0.05, 0.1) is 0 Å². The van der Waals surface area contributed by atoms with Gasteiger partial charge in [-0.3, -0.25) is 9.59 Å². The lowest BCUT2D eigenvalue weighted by Gasteiger charge is -2.28. The van der Waals surface area contributed by atoms with Gasteiger partial charge >= 0.3 is 0 Å². The molecule has 1 aliphatic heterocycles. The lowest BCUT2D eigenvalue weighted by Crippen LogP contribution is -2.42. The van der Waals surface area contributed by atoms with Crippen LogP contribution in [0.15, 0.2) is 12.3 Å². The number of carbonyl (C=O) groups is 2. The summed E-state index contributed by atoms with van der Waals surface area (Å²) in [7, 11) is 1.82. The minimum Gasteiger partial charge on any atom is -0.346 e. The summed E-state index contributed by atoms with van der Waals surface area (Å²) in [5.41, 5.74) is 1.19. The largest absolute Gasteiger partial charge is 0.346 e. The molecule has 6 heteroatoms. The molecule has 0 aliphatic carbocycles. The second kappa shape index (κ2) is 7.61. The van der Waals surface area contributed by atoms with Crippen LogP contribution in [-0.2, 0) is 7.05 Å². The van der Waals surface area contributed by atoms with E-state index in [0.29, 0.717) is 11.3 Å². The fraction of sp³-hybridized carbons (Fsp3) is 0.600. The second-order valence-electron chi connectivity index (χ2n) is 5.43. The Morgan fingerprint density at radius 3 is 2.67 bits per heavy atom. The average molecular weight is 314 g/mol. The van der Waals surface area contributed by atoms with E-state index in [1.165, 1.54) is 6.92 Å². The van der Waals surface area contributed by atoms with Crippen molar-refractivity contribution >= 4 is 24.1 Å². The quantitative estimate of drug-likeness (QED) is 0.844. The molecule has 0 spiro atoms. The lowest BCUT2D eigenvalue weighted by atomic mass is 10.1. The van der Waals surface area contributed by atoms with Crippen molar-refractivity contribution < 1.29 is 9.59 Å². The highest BCUT2D eigenvalue weighted by atomic mass is 35.5. The predicted molar refractivity (Wildman–Crippen MR) is 85.3 cm³/mol. The Kier molecular flexibility index (Phi) is 6.42. The van der Waals surface area contributed by atoms with Crippen LogP contribution < -0.4 is 5.32 Å². The summed E-state index contributed by atoms with van der Waals surface area (Å²) in [5.74, 6) is 0.0137. The smallest absolute Gasteiger partial charge is 0.270 e. The number of hydrogen-bond donors (Lipinski definition) is 1. The summed E-state index contributed by atoms with van der Waals surface area (Å²) in [5, 5.41) is 3.30. The van der Waals surface area contributed by atoms with Crippen LogP contribution >= 0.6 is 12.4 Å². The summed E-state index contributed by atoms with van der Waals surface area (Å²) in [6, 6.07) is 1.97. The van der Waals surface area contributed by atoms with E-state index in [1.54, 1.807) is 16.8 Å². The third-order valence-corrected chi connectivity index (χ3v) is 3.83. The van der Waals surface area contributed by atoms with E-state index in [4.69, 9.17) is 0 Å². The van der Waals surface area contributed by atoms with Crippen molar-refractivity contribution in [2.24, 2.45) is 7.05 Å². The minimum atomic E-state index is -0.00998. The van der Waals surface area contributed by atoms with Gasteiger partial charge in [-0.1, -0.05) is 6.92 Å². The van der Waals surface area contributed by atoms with E-state index in [9.17, 15) is 9.59 Å². The van der Waals surface area contributed by atoms with Gasteiger partial charge < -0.3 is 14.8 Å². The Bertz CT molecular complexity index is 507. The molecule has 2 rings (SSSR count). The minimum absolute atomic E-state index is 0. The number of nitrogens with one attached hydrogen (secondary N) is 1. The van der Waals surface area contributed by atoms with Crippen molar-refractivity contribution in [1.82, 2.24) is 14.8 Å². The molecule has 0 saturated carbocycles. The molecule has 118 valence electrons. The van der Waals surface area contributed by atoms with Gasteiger partial charge in [0, 0.05) is 37.9 Å². The molecule has 5 nitrogen and oxygen atoms in total. The Hall–Kier alpha value is -1.33. The van der Waals surface area contributed by atoms with Crippen molar-refractivity contribution in [2.45, 2.75) is 32.7 Å². The molecule has 1 aromatic rings. The van der Waals surface area contributed by atoms with Gasteiger partial charge in [0.15, 0.2) is 5.78 Å². The van der Waals surface area contributed by atoms with Gasteiger partial charge in [-0.25, -0.2) is 0 Å². The number of aromatic nitrogens is 1. The van der Waals surface area contributed by atoms with E-state index in [0.717, 1.165) is 32.5 Å². The van der Waals surface area contributed by atoms with Crippen LogP contribution in [-0.4, -0.2) is 46.8 Å². The zero-order valence-electron chi connectivity index (χ0n) is 12.9. The molecule has 1 unspecified atom stereocenters. The number of aryl methyl sites for hydroxylation is 1. The van der Waals surface area contributed by atoms with Crippen molar-refractivity contribution in [2.75, 3.05) is 19.6 Å². The van der Waals surface area contributed by atoms with Gasteiger partial charge in [0.1, 0.15) is 5.69 Å². The molecule has 0 radical (unpaired) electrons. The summed E-state index contributed by atoms with van der Waals surface area (Å²) in [6.07, 6.45) is 3.66. The van der Waals surface area contributed by atoms with Gasteiger partial charge in [0.2, 0.25) is 0 Å². The molecule has 1 saturated heterocycles.